The molecule has 5 nitrogen and oxygen atoms in total. The van der Waals surface area contributed by atoms with Gasteiger partial charge in [0.05, 0.1) is 12.2 Å². The van der Waals surface area contributed by atoms with Crippen LogP contribution < -0.4 is 15.0 Å². The second kappa shape index (κ2) is 7.87. The van der Waals surface area contributed by atoms with Crippen LogP contribution in [-0.2, 0) is 11.3 Å². The number of carbonyl (C=O) groups excluding carboxylic acids is 2. The SMILES string of the molecule is Cc1ccc(NC(=O)c2ccc3c(c2)N(Cc2ccc(F)cc2)C(=O)C(C)(C)O3)cc1. The third-order valence-corrected chi connectivity index (χ3v) is 5.20. The van der Waals surface area contributed by atoms with Gasteiger partial charge in [-0.3, -0.25) is 9.59 Å². The van der Waals surface area contributed by atoms with Gasteiger partial charge in [0.2, 0.25) is 0 Å². The van der Waals surface area contributed by atoms with E-state index in [0.29, 0.717) is 22.7 Å². The molecule has 0 spiro atoms. The van der Waals surface area contributed by atoms with Gasteiger partial charge in [0.25, 0.3) is 11.8 Å². The molecule has 0 bridgehead atoms. The van der Waals surface area contributed by atoms with Gasteiger partial charge in [0, 0.05) is 11.3 Å². The van der Waals surface area contributed by atoms with Gasteiger partial charge >= 0.3 is 0 Å². The number of rotatable bonds is 4. The minimum Gasteiger partial charge on any atom is -0.476 e. The van der Waals surface area contributed by atoms with Crippen molar-refractivity contribution in [1.29, 1.82) is 0 Å². The number of nitrogens with zero attached hydrogens (tertiary/aromatic N) is 1. The van der Waals surface area contributed by atoms with E-state index in [9.17, 15) is 14.0 Å². The van der Waals surface area contributed by atoms with E-state index >= 15 is 0 Å². The molecule has 0 radical (unpaired) electrons. The summed E-state index contributed by atoms with van der Waals surface area (Å²) < 4.78 is 19.2. The van der Waals surface area contributed by atoms with Crippen molar-refractivity contribution in [2.45, 2.75) is 32.9 Å². The molecule has 0 atom stereocenters. The van der Waals surface area contributed by atoms with Gasteiger partial charge in [-0.1, -0.05) is 29.8 Å². The minimum atomic E-state index is -1.06. The summed E-state index contributed by atoms with van der Waals surface area (Å²) in [6, 6.07) is 18.5. The molecule has 158 valence electrons. The minimum absolute atomic E-state index is 0.236. The quantitative estimate of drug-likeness (QED) is 0.642. The van der Waals surface area contributed by atoms with Crippen molar-refractivity contribution in [3.63, 3.8) is 0 Å². The number of aryl methyl sites for hydroxylation is 1. The molecule has 1 aliphatic rings. The Morgan fingerprint density at radius 2 is 1.71 bits per heavy atom. The zero-order valence-electron chi connectivity index (χ0n) is 17.6. The molecule has 4 rings (SSSR count). The number of amides is 2. The first-order valence-electron chi connectivity index (χ1n) is 10.0. The van der Waals surface area contributed by atoms with Crippen molar-refractivity contribution in [2.75, 3.05) is 10.2 Å². The number of ether oxygens (including phenoxy) is 1. The normalized spacial score (nSPS) is 14.6. The van der Waals surface area contributed by atoms with Crippen molar-refractivity contribution in [1.82, 2.24) is 0 Å². The van der Waals surface area contributed by atoms with E-state index in [4.69, 9.17) is 4.74 Å². The third-order valence-electron chi connectivity index (χ3n) is 5.20. The Kier molecular flexibility index (Phi) is 5.23. The fraction of sp³-hybridized carbons (Fsp3) is 0.200. The van der Waals surface area contributed by atoms with Gasteiger partial charge in [-0.2, -0.15) is 0 Å². The molecule has 31 heavy (non-hydrogen) atoms. The molecule has 0 unspecified atom stereocenters. The summed E-state index contributed by atoms with van der Waals surface area (Å²) >= 11 is 0. The van der Waals surface area contributed by atoms with E-state index in [-0.39, 0.29) is 24.2 Å². The number of hydrogen-bond acceptors (Lipinski definition) is 3. The molecule has 0 saturated carbocycles. The van der Waals surface area contributed by atoms with Crippen molar-refractivity contribution < 1.29 is 18.7 Å². The number of benzene rings is 3. The summed E-state index contributed by atoms with van der Waals surface area (Å²) in [5, 5.41) is 2.87. The molecule has 1 heterocycles. The summed E-state index contributed by atoms with van der Waals surface area (Å²) in [4.78, 5) is 27.5. The maximum atomic E-state index is 13.3. The average Bonchev–Trinajstić information content (AvgIpc) is 2.74. The van der Waals surface area contributed by atoms with E-state index in [0.717, 1.165) is 11.1 Å². The van der Waals surface area contributed by atoms with Crippen molar-refractivity contribution >= 4 is 23.2 Å². The predicted octanol–water partition coefficient (Wildman–Crippen LogP) is 5.09. The highest BCUT2D eigenvalue weighted by atomic mass is 19.1. The average molecular weight is 418 g/mol. The van der Waals surface area contributed by atoms with Crippen LogP contribution >= 0.6 is 0 Å². The Labute approximate surface area is 180 Å². The lowest BCUT2D eigenvalue weighted by atomic mass is 10.0. The topological polar surface area (TPSA) is 58.6 Å². The van der Waals surface area contributed by atoms with Gasteiger partial charge in [0.1, 0.15) is 11.6 Å². The zero-order valence-corrected chi connectivity index (χ0v) is 17.6. The number of anilines is 2. The van der Waals surface area contributed by atoms with Crippen LogP contribution in [0.2, 0.25) is 0 Å². The standard InChI is InChI=1S/C25H23FN2O3/c1-16-4-11-20(12-5-16)27-23(29)18-8-13-22-21(14-18)28(24(30)25(2,3)31-22)15-17-6-9-19(26)10-7-17/h4-14H,15H2,1-3H3,(H,27,29). The summed E-state index contributed by atoms with van der Waals surface area (Å²) in [7, 11) is 0. The summed E-state index contributed by atoms with van der Waals surface area (Å²) in [6.07, 6.45) is 0. The Morgan fingerprint density at radius 3 is 2.39 bits per heavy atom. The molecule has 3 aromatic carbocycles. The van der Waals surface area contributed by atoms with Crippen LogP contribution in [0.1, 0.15) is 35.3 Å². The molecule has 0 aliphatic carbocycles. The number of hydrogen-bond donors (Lipinski definition) is 1. The number of nitrogens with one attached hydrogen (secondary N) is 1. The zero-order chi connectivity index (χ0) is 22.2. The molecule has 6 heteroatoms. The maximum Gasteiger partial charge on any atom is 0.271 e. The molecule has 0 aromatic heterocycles. The Hall–Kier alpha value is -3.67. The predicted molar refractivity (Wildman–Crippen MR) is 118 cm³/mol. The first-order valence-corrected chi connectivity index (χ1v) is 10.0. The number of halogens is 1. The van der Waals surface area contributed by atoms with Crippen molar-refractivity contribution in [2.24, 2.45) is 0 Å². The van der Waals surface area contributed by atoms with Crippen LogP contribution in [-0.4, -0.2) is 17.4 Å². The van der Waals surface area contributed by atoms with Gasteiger partial charge in [-0.15, -0.1) is 0 Å². The summed E-state index contributed by atoms with van der Waals surface area (Å²) in [5.74, 6) is -0.350. The van der Waals surface area contributed by atoms with E-state index in [1.807, 2.05) is 31.2 Å². The maximum absolute atomic E-state index is 13.3. The van der Waals surface area contributed by atoms with Crippen LogP contribution in [0, 0.1) is 12.7 Å². The highest BCUT2D eigenvalue weighted by Crippen LogP contribution is 2.39. The van der Waals surface area contributed by atoms with Crippen LogP contribution in [0.3, 0.4) is 0 Å². The molecule has 3 aromatic rings. The molecule has 2 amide bonds. The smallest absolute Gasteiger partial charge is 0.271 e. The Bertz CT molecular complexity index is 1140. The lowest BCUT2D eigenvalue weighted by Gasteiger charge is -2.39. The number of fused-ring (bicyclic) bond motifs is 1. The molecule has 0 fully saturated rings. The van der Waals surface area contributed by atoms with Gasteiger partial charge in [0.15, 0.2) is 5.60 Å². The molecular formula is C25H23FN2O3. The van der Waals surface area contributed by atoms with Crippen LogP contribution in [0.5, 0.6) is 5.75 Å². The summed E-state index contributed by atoms with van der Waals surface area (Å²) in [6.45, 7) is 5.62. The van der Waals surface area contributed by atoms with Crippen LogP contribution in [0.4, 0.5) is 15.8 Å². The highest BCUT2D eigenvalue weighted by molar-refractivity contribution is 6.07. The molecule has 0 saturated heterocycles. The van der Waals surface area contributed by atoms with Crippen molar-refractivity contribution in [3.8, 4) is 5.75 Å². The molecule has 1 aliphatic heterocycles. The fourth-order valence-corrected chi connectivity index (χ4v) is 3.48. The van der Waals surface area contributed by atoms with E-state index in [2.05, 4.69) is 5.32 Å². The fourth-order valence-electron chi connectivity index (χ4n) is 3.48. The van der Waals surface area contributed by atoms with Gasteiger partial charge < -0.3 is 15.0 Å². The first-order chi connectivity index (χ1) is 14.7. The summed E-state index contributed by atoms with van der Waals surface area (Å²) in [5.41, 5.74) is 2.41. The second-order valence-corrected chi connectivity index (χ2v) is 8.13. The lowest BCUT2D eigenvalue weighted by molar-refractivity contribution is -0.132. The van der Waals surface area contributed by atoms with Gasteiger partial charge in [-0.05, 0) is 68.8 Å². The monoisotopic (exact) mass is 418 g/mol. The van der Waals surface area contributed by atoms with E-state index in [1.165, 1.54) is 12.1 Å². The lowest BCUT2D eigenvalue weighted by Crippen LogP contribution is -2.52. The molecule has 1 N–H and O–H groups in total. The first kappa shape index (κ1) is 20.6. The van der Waals surface area contributed by atoms with Gasteiger partial charge in [-0.25, -0.2) is 4.39 Å². The molecular weight excluding hydrogens is 395 g/mol. The Balaban J connectivity index is 1.66. The van der Waals surface area contributed by atoms with Crippen molar-refractivity contribution in [3.05, 3.63) is 89.2 Å². The second-order valence-electron chi connectivity index (χ2n) is 8.13. The number of carbonyl (C=O) groups is 2. The highest BCUT2D eigenvalue weighted by Gasteiger charge is 2.41. The Morgan fingerprint density at radius 1 is 1.03 bits per heavy atom. The van der Waals surface area contributed by atoms with E-state index in [1.54, 1.807) is 49.1 Å². The van der Waals surface area contributed by atoms with E-state index < -0.39 is 5.60 Å². The van der Waals surface area contributed by atoms with Crippen LogP contribution in [0.15, 0.2) is 66.7 Å². The third kappa shape index (κ3) is 4.28. The largest absolute Gasteiger partial charge is 0.476 e. The van der Waals surface area contributed by atoms with Crippen LogP contribution in [0.25, 0.3) is 0 Å².